The van der Waals surface area contributed by atoms with E-state index < -0.39 is 0 Å². The van der Waals surface area contributed by atoms with Crippen LogP contribution in [0.25, 0.3) is 0 Å². The van der Waals surface area contributed by atoms with Gasteiger partial charge in [-0.05, 0) is 42.2 Å². The summed E-state index contributed by atoms with van der Waals surface area (Å²) < 4.78 is 6.31. The Morgan fingerprint density at radius 2 is 1.95 bits per heavy atom. The fourth-order valence-corrected chi connectivity index (χ4v) is 2.38. The van der Waals surface area contributed by atoms with Crippen LogP contribution in [0.4, 0.5) is 5.69 Å². The fourth-order valence-electron chi connectivity index (χ4n) is 2.14. The Labute approximate surface area is 129 Å². The van der Waals surface area contributed by atoms with Crippen LogP contribution in [0, 0.1) is 6.92 Å². The van der Waals surface area contributed by atoms with Crippen molar-refractivity contribution in [2.45, 2.75) is 19.9 Å². The highest BCUT2D eigenvalue weighted by molar-refractivity contribution is 9.10. The molecule has 0 atom stereocenters. The van der Waals surface area contributed by atoms with Crippen molar-refractivity contribution in [2.24, 2.45) is 0 Å². The molecular formula is C17H20BrNO. The molecule has 2 aromatic carbocycles. The number of nitrogens with one attached hydrogen (secondary N) is 1. The van der Waals surface area contributed by atoms with E-state index in [-0.39, 0.29) is 0 Å². The molecule has 0 saturated heterocycles. The van der Waals surface area contributed by atoms with E-state index in [9.17, 15) is 0 Å². The molecule has 0 saturated carbocycles. The van der Waals surface area contributed by atoms with Crippen LogP contribution in [0.1, 0.15) is 16.7 Å². The minimum atomic E-state index is 0.746. The minimum absolute atomic E-state index is 0.746. The summed E-state index contributed by atoms with van der Waals surface area (Å²) in [5.41, 5.74) is 5.03. The molecule has 0 fully saturated rings. The summed E-state index contributed by atoms with van der Waals surface area (Å²) in [6, 6.07) is 14.8. The number of anilines is 1. The van der Waals surface area contributed by atoms with Gasteiger partial charge in [0.05, 0.1) is 6.61 Å². The van der Waals surface area contributed by atoms with Gasteiger partial charge in [-0.1, -0.05) is 46.3 Å². The van der Waals surface area contributed by atoms with Gasteiger partial charge in [0.15, 0.2) is 0 Å². The summed E-state index contributed by atoms with van der Waals surface area (Å²) in [4.78, 5) is 0. The Morgan fingerprint density at radius 1 is 1.15 bits per heavy atom. The van der Waals surface area contributed by atoms with Crippen LogP contribution in [-0.4, -0.2) is 13.7 Å². The molecule has 0 amide bonds. The van der Waals surface area contributed by atoms with E-state index in [1.54, 1.807) is 7.11 Å². The van der Waals surface area contributed by atoms with Gasteiger partial charge in [-0.25, -0.2) is 0 Å². The van der Waals surface area contributed by atoms with Gasteiger partial charge in [0.25, 0.3) is 0 Å². The van der Waals surface area contributed by atoms with E-state index in [2.05, 4.69) is 70.6 Å². The van der Waals surface area contributed by atoms with Crippen molar-refractivity contribution in [3.63, 3.8) is 0 Å². The minimum Gasteiger partial charge on any atom is -0.384 e. The highest BCUT2D eigenvalue weighted by Gasteiger charge is 2.02. The summed E-state index contributed by atoms with van der Waals surface area (Å²) in [6.07, 6.45) is 0.930. The first-order chi connectivity index (χ1) is 9.70. The third-order valence-electron chi connectivity index (χ3n) is 3.30. The van der Waals surface area contributed by atoms with Gasteiger partial charge in [-0.3, -0.25) is 0 Å². The Bertz CT molecular complexity index is 569. The van der Waals surface area contributed by atoms with Crippen molar-refractivity contribution in [1.82, 2.24) is 0 Å². The topological polar surface area (TPSA) is 21.3 Å². The second-order valence-corrected chi connectivity index (χ2v) is 5.69. The quantitative estimate of drug-likeness (QED) is 0.836. The molecule has 0 aliphatic carbocycles. The molecular weight excluding hydrogens is 314 g/mol. The molecule has 0 spiro atoms. The first kappa shape index (κ1) is 15.1. The molecule has 3 heteroatoms. The number of hydrogen-bond acceptors (Lipinski definition) is 2. The third kappa shape index (κ3) is 4.09. The van der Waals surface area contributed by atoms with E-state index in [1.807, 2.05) is 0 Å². The lowest BCUT2D eigenvalue weighted by molar-refractivity contribution is 0.202. The number of halogens is 1. The number of methoxy groups -OCH3 is 1. The highest BCUT2D eigenvalue weighted by atomic mass is 79.9. The van der Waals surface area contributed by atoms with Crippen molar-refractivity contribution in [1.29, 1.82) is 0 Å². The Balaban J connectivity index is 2.04. The lowest BCUT2D eigenvalue weighted by atomic mass is 10.1. The second-order valence-electron chi connectivity index (χ2n) is 4.84. The molecule has 0 heterocycles. The van der Waals surface area contributed by atoms with Crippen LogP contribution in [0.2, 0.25) is 0 Å². The largest absolute Gasteiger partial charge is 0.384 e. The van der Waals surface area contributed by atoms with E-state index >= 15 is 0 Å². The number of aryl methyl sites for hydroxylation is 1. The predicted molar refractivity (Wildman–Crippen MR) is 88.2 cm³/mol. The zero-order chi connectivity index (χ0) is 14.4. The summed E-state index contributed by atoms with van der Waals surface area (Å²) in [6.45, 7) is 3.69. The first-order valence-electron chi connectivity index (χ1n) is 6.76. The van der Waals surface area contributed by atoms with Crippen LogP contribution < -0.4 is 5.32 Å². The van der Waals surface area contributed by atoms with Crippen molar-refractivity contribution in [2.75, 3.05) is 19.0 Å². The number of benzene rings is 2. The molecule has 20 heavy (non-hydrogen) atoms. The van der Waals surface area contributed by atoms with Crippen molar-refractivity contribution in [3.8, 4) is 0 Å². The normalized spacial score (nSPS) is 10.6. The van der Waals surface area contributed by atoms with E-state index in [0.717, 1.165) is 24.0 Å². The summed E-state index contributed by atoms with van der Waals surface area (Å²) in [5, 5.41) is 3.51. The second kappa shape index (κ2) is 7.46. The Kier molecular flexibility index (Phi) is 5.62. The number of hydrogen-bond donors (Lipinski definition) is 1. The molecule has 0 bridgehead atoms. The molecule has 2 aromatic rings. The SMILES string of the molecule is COCCc1ccccc1NCc1ccc(Br)c(C)c1. The highest BCUT2D eigenvalue weighted by Crippen LogP contribution is 2.20. The molecule has 0 aliphatic rings. The van der Waals surface area contributed by atoms with E-state index in [0.29, 0.717) is 0 Å². The van der Waals surface area contributed by atoms with Gasteiger partial charge >= 0.3 is 0 Å². The predicted octanol–water partition coefficient (Wildman–Crippen LogP) is 4.56. The molecule has 0 aromatic heterocycles. The van der Waals surface area contributed by atoms with Gasteiger partial charge in [0, 0.05) is 23.8 Å². The van der Waals surface area contributed by atoms with Crippen LogP contribution in [-0.2, 0) is 17.7 Å². The molecule has 0 unspecified atom stereocenters. The summed E-state index contributed by atoms with van der Waals surface area (Å²) >= 11 is 3.53. The van der Waals surface area contributed by atoms with E-state index in [1.165, 1.54) is 22.4 Å². The molecule has 1 N–H and O–H groups in total. The van der Waals surface area contributed by atoms with Crippen LogP contribution in [0.3, 0.4) is 0 Å². The number of para-hydroxylation sites is 1. The van der Waals surface area contributed by atoms with Gasteiger partial charge in [-0.2, -0.15) is 0 Å². The van der Waals surface area contributed by atoms with Crippen molar-refractivity contribution in [3.05, 3.63) is 63.6 Å². The maximum atomic E-state index is 5.16. The van der Waals surface area contributed by atoms with Crippen molar-refractivity contribution >= 4 is 21.6 Å². The fraction of sp³-hybridized carbons (Fsp3) is 0.294. The maximum Gasteiger partial charge on any atom is 0.0503 e. The van der Waals surface area contributed by atoms with Gasteiger partial charge in [0.2, 0.25) is 0 Å². The smallest absolute Gasteiger partial charge is 0.0503 e. The number of rotatable bonds is 6. The maximum absolute atomic E-state index is 5.16. The Hall–Kier alpha value is -1.32. The van der Waals surface area contributed by atoms with E-state index in [4.69, 9.17) is 4.74 Å². The zero-order valence-electron chi connectivity index (χ0n) is 11.9. The Morgan fingerprint density at radius 3 is 2.70 bits per heavy atom. The van der Waals surface area contributed by atoms with Gasteiger partial charge in [-0.15, -0.1) is 0 Å². The average Bonchev–Trinajstić information content (AvgIpc) is 2.47. The average molecular weight is 334 g/mol. The molecule has 2 rings (SSSR count). The third-order valence-corrected chi connectivity index (χ3v) is 4.19. The lowest BCUT2D eigenvalue weighted by Gasteiger charge is -2.12. The van der Waals surface area contributed by atoms with Gasteiger partial charge in [0.1, 0.15) is 0 Å². The monoisotopic (exact) mass is 333 g/mol. The van der Waals surface area contributed by atoms with Crippen molar-refractivity contribution < 1.29 is 4.74 Å². The van der Waals surface area contributed by atoms with Crippen LogP contribution >= 0.6 is 15.9 Å². The molecule has 0 aliphatic heterocycles. The molecule has 2 nitrogen and oxygen atoms in total. The molecule has 106 valence electrons. The van der Waals surface area contributed by atoms with Crippen LogP contribution in [0.15, 0.2) is 46.9 Å². The summed E-state index contributed by atoms with van der Waals surface area (Å²) in [7, 11) is 1.74. The lowest BCUT2D eigenvalue weighted by Crippen LogP contribution is -2.04. The van der Waals surface area contributed by atoms with Gasteiger partial charge < -0.3 is 10.1 Å². The van der Waals surface area contributed by atoms with Crippen LogP contribution in [0.5, 0.6) is 0 Å². The standard InChI is InChI=1S/C17H20BrNO/c1-13-11-14(7-8-16(13)18)12-19-17-6-4-3-5-15(17)9-10-20-2/h3-8,11,19H,9-10,12H2,1-2H3. The first-order valence-corrected chi connectivity index (χ1v) is 7.55. The zero-order valence-corrected chi connectivity index (χ0v) is 13.5. The summed E-state index contributed by atoms with van der Waals surface area (Å²) in [5.74, 6) is 0. The number of ether oxygens (including phenoxy) is 1. The molecule has 0 radical (unpaired) electrons.